The summed E-state index contributed by atoms with van der Waals surface area (Å²) < 4.78 is 5.13. The highest BCUT2D eigenvalue weighted by atomic mass is 16.5. The van der Waals surface area contributed by atoms with Crippen molar-refractivity contribution in [3.63, 3.8) is 0 Å². The molecule has 122 valence electrons. The lowest BCUT2D eigenvalue weighted by atomic mass is 10.1. The topological polar surface area (TPSA) is 67.0 Å². The largest absolute Gasteiger partial charge is 0.497 e. The molecule has 0 saturated carbocycles. The summed E-state index contributed by atoms with van der Waals surface area (Å²) in [6.45, 7) is 0. The maximum Gasteiger partial charge on any atom is 0.224 e. The van der Waals surface area contributed by atoms with Gasteiger partial charge in [-0.1, -0.05) is 24.3 Å². The number of ether oxygens (including phenoxy) is 1. The molecule has 0 aliphatic heterocycles. The van der Waals surface area contributed by atoms with E-state index in [4.69, 9.17) is 4.74 Å². The molecule has 0 aliphatic rings. The highest BCUT2D eigenvalue weighted by molar-refractivity contribution is 5.91. The number of nitrogens with zero attached hydrogens (tertiary/aromatic N) is 1. The first-order valence-electron chi connectivity index (χ1n) is 7.77. The number of hydrogen-bond acceptors (Lipinski definition) is 3. The fourth-order valence-electron chi connectivity index (χ4n) is 2.44. The van der Waals surface area contributed by atoms with Gasteiger partial charge in [0.25, 0.3) is 0 Å². The van der Waals surface area contributed by atoms with E-state index < -0.39 is 0 Å². The van der Waals surface area contributed by atoms with Crippen molar-refractivity contribution < 1.29 is 9.53 Å². The van der Waals surface area contributed by atoms with Crippen molar-refractivity contribution >= 4 is 11.6 Å². The van der Waals surface area contributed by atoms with Gasteiger partial charge in [0.15, 0.2) is 0 Å². The molecule has 3 rings (SSSR count). The summed E-state index contributed by atoms with van der Waals surface area (Å²) in [5.41, 5.74) is 2.81. The van der Waals surface area contributed by atoms with Gasteiger partial charge in [-0.25, -0.2) is 4.98 Å². The fourth-order valence-corrected chi connectivity index (χ4v) is 2.44. The number of carbonyl (C=O) groups is 1. The van der Waals surface area contributed by atoms with Gasteiger partial charge in [-0.05, 0) is 36.2 Å². The van der Waals surface area contributed by atoms with E-state index in [-0.39, 0.29) is 5.91 Å². The van der Waals surface area contributed by atoms with Gasteiger partial charge in [0.2, 0.25) is 5.91 Å². The van der Waals surface area contributed by atoms with Gasteiger partial charge in [0.05, 0.1) is 7.11 Å². The number of anilines is 1. The predicted octanol–water partition coefficient (Wildman–Crippen LogP) is 3.66. The van der Waals surface area contributed by atoms with E-state index in [1.807, 2.05) is 48.5 Å². The lowest BCUT2D eigenvalue weighted by Crippen LogP contribution is -2.12. The van der Waals surface area contributed by atoms with Gasteiger partial charge >= 0.3 is 0 Å². The minimum atomic E-state index is -0.0117. The van der Waals surface area contributed by atoms with Crippen molar-refractivity contribution in [1.29, 1.82) is 0 Å². The van der Waals surface area contributed by atoms with Crippen molar-refractivity contribution in [3.05, 3.63) is 66.5 Å². The second-order valence-corrected chi connectivity index (χ2v) is 5.41. The summed E-state index contributed by atoms with van der Waals surface area (Å²) in [6.07, 6.45) is 4.59. The number of rotatable bonds is 6. The summed E-state index contributed by atoms with van der Waals surface area (Å²) >= 11 is 0. The van der Waals surface area contributed by atoms with Crippen LogP contribution in [0.4, 0.5) is 5.69 Å². The Labute approximate surface area is 140 Å². The van der Waals surface area contributed by atoms with Crippen LogP contribution in [0.3, 0.4) is 0 Å². The van der Waals surface area contributed by atoms with Gasteiger partial charge in [-0.15, -0.1) is 0 Å². The molecule has 1 aromatic heterocycles. The highest BCUT2D eigenvalue weighted by Gasteiger charge is 2.06. The maximum atomic E-state index is 12.1. The van der Waals surface area contributed by atoms with Gasteiger partial charge in [-0.3, -0.25) is 4.79 Å². The van der Waals surface area contributed by atoms with E-state index in [2.05, 4.69) is 15.3 Å². The van der Waals surface area contributed by atoms with Gasteiger partial charge in [0, 0.05) is 30.1 Å². The Morgan fingerprint density at radius 2 is 2.04 bits per heavy atom. The van der Waals surface area contributed by atoms with Crippen LogP contribution in [0.1, 0.15) is 12.0 Å². The number of amides is 1. The Morgan fingerprint density at radius 1 is 1.21 bits per heavy atom. The Balaban J connectivity index is 1.57. The smallest absolute Gasteiger partial charge is 0.224 e. The molecule has 1 heterocycles. The number of methoxy groups -OCH3 is 1. The summed E-state index contributed by atoms with van der Waals surface area (Å²) in [7, 11) is 1.64. The van der Waals surface area contributed by atoms with Crippen molar-refractivity contribution in [2.24, 2.45) is 0 Å². The highest BCUT2D eigenvalue weighted by Crippen LogP contribution is 2.19. The SMILES string of the molecule is COc1ccc(CCC(=O)Nc2cccc(-c3ncc[nH]3)c2)cc1. The average molecular weight is 321 g/mol. The summed E-state index contributed by atoms with van der Waals surface area (Å²) in [5, 5.41) is 2.93. The Kier molecular flexibility index (Phi) is 4.91. The van der Waals surface area contributed by atoms with Gasteiger partial charge in [0.1, 0.15) is 11.6 Å². The number of aromatic amines is 1. The molecular formula is C19H19N3O2. The molecule has 0 aliphatic carbocycles. The van der Waals surface area contributed by atoms with Crippen LogP contribution in [0, 0.1) is 0 Å². The molecule has 5 heteroatoms. The third-order valence-electron chi connectivity index (χ3n) is 3.72. The molecule has 2 N–H and O–H groups in total. The molecule has 0 unspecified atom stereocenters. The number of carbonyl (C=O) groups excluding carboxylic acids is 1. The molecule has 3 aromatic rings. The van der Waals surface area contributed by atoms with Crippen LogP contribution in [0.2, 0.25) is 0 Å². The molecule has 0 saturated heterocycles. The van der Waals surface area contributed by atoms with Crippen LogP contribution in [0.15, 0.2) is 60.9 Å². The molecule has 2 aromatic carbocycles. The number of hydrogen-bond donors (Lipinski definition) is 2. The summed E-state index contributed by atoms with van der Waals surface area (Å²) in [6, 6.07) is 15.4. The molecule has 1 amide bonds. The predicted molar refractivity (Wildman–Crippen MR) is 94.0 cm³/mol. The van der Waals surface area contributed by atoms with Crippen molar-refractivity contribution in [2.45, 2.75) is 12.8 Å². The number of benzene rings is 2. The molecule has 5 nitrogen and oxygen atoms in total. The van der Waals surface area contributed by atoms with E-state index in [0.717, 1.165) is 28.4 Å². The summed E-state index contributed by atoms with van der Waals surface area (Å²) in [4.78, 5) is 19.4. The average Bonchev–Trinajstić information content (AvgIpc) is 3.15. The second kappa shape index (κ2) is 7.46. The number of aryl methyl sites for hydroxylation is 1. The first kappa shape index (κ1) is 15.8. The van der Waals surface area contributed by atoms with E-state index in [9.17, 15) is 4.79 Å². The lowest BCUT2D eigenvalue weighted by molar-refractivity contribution is -0.116. The van der Waals surface area contributed by atoms with Crippen LogP contribution in [0.25, 0.3) is 11.4 Å². The van der Waals surface area contributed by atoms with Gasteiger partial charge < -0.3 is 15.0 Å². The minimum Gasteiger partial charge on any atom is -0.497 e. The monoisotopic (exact) mass is 321 g/mol. The first-order valence-corrected chi connectivity index (χ1v) is 7.77. The Morgan fingerprint density at radius 3 is 2.75 bits per heavy atom. The van der Waals surface area contributed by atoms with E-state index in [1.54, 1.807) is 19.5 Å². The van der Waals surface area contributed by atoms with E-state index in [1.165, 1.54) is 0 Å². The number of nitrogens with one attached hydrogen (secondary N) is 2. The first-order chi connectivity index (χ1) is 11.7. The molecular weight excluding hydrogens is 302 g/mol. The Hall–Kier alpha value is -3.08. The minimum absolute atomic E-state index is 0.0117. The molecule has 0 spiro atoms. The van der Waals surface area contributed by atoms with Crippen molar-refractivity contribution in [3.8, 4) is 17.1 Å². The van der Waals surface area contributed by atoms with E-state index >= 15 is 0 Å². The zero-order valence-electron chi connectivity index (χ0n) is 13.5. The number of imidazole rings is 1. The van der Waals surface area contributed by atoms with Crippen LogP contribution in [-0.4, -0.2) is 23.0 Å². The standard InChI is InChI=1S/C19H19N3O2/c1-24-17-8-5-14(6-9-17)7-10-18(23)22-16-4-2-3-15(13-16)19-20-11-12-21-19/h2-6,8-9,11-13H,7,10H2,1H3,(H,20,21)(H,22,23). The molecule has 0 fully saturated rings. The zero-order chi connectivity index (χ0) is 16.8. The molecule has 0 bridgehead atoms. The molecule has 24 heavy (non-hydrogen) atoms. The lowest BCUT2D eigenvalue weighted by Gasteiger charge is -2.07. The number of H-pyrrole nitrogens is 1. The molecule has 0 radical (unpaired) electrons. The van der Waals surface area contributed by atoms with Crippen molar-refractivity contribution in [2.75, 3.05) is 12.4 Å². The normalized spacial score (nSPS) is 10.4. The third kappa shape index (κ3) is 4.01. The third-order valence-corrected chi connectivity index (χ3v) is 3.72. The van der Waals surface area contributed by atoms with Crippen LogP contribution in [-0.2, 0) is 11.2 Å². The quantitative estimate of drug-likeness (QED) is 0.728. The maximum absolute atomic E-state index is 12.1. The Bertz CT molecular complexity index is 796. The van der Waals surface area contributed by atoms with Crippen LogP contribution >= 0.6 is 0 Å². The van der Waals surface area contributed by atoms with E-state index in [0.29, 0.717) is 12.8 Å². The van der Waals surface area contributed by atoms with Crippen molar-refractivity contribution in [1.82, 2.24) is 9.97 Å². The van der Waals surface area contributed by atoms with Crippen LogP contribution in [0.5, 0.6) is 5.75 Å². The van der Waals surface area contributed by atoms with Gasteiger partial charge in [-0.2, -0.15) is 0 Å². The summed E-state index contributed by atoms with van der Waals surface area (Å²) in [5.74, 6) is 1.59. The zero-order valence-corrected chi connectivity index (χ0v) is 13.5. The molecule has 0 atom stereocenters. The fraction of sp³-hybridized carbons (Fsp3) is 0.158. The number of aromatic nitrogens is 2. The van der Waals surface area contributed by atoms with Crippen LogP contribution < -0.4 is 10.1 Å². The second-order valence-electron chi connectivity index (χ2n) is 5.41.